The molecule has 1 aliphatic heterocycles. The third-order valence-corrected chi connectivity index (χ3v) is 20.1. The van der Waals surface area contributed by atoms with Crippen molar-refractivity contribution in [3.8, 4) is 0 Å². The predicted octanol–water partition coefficient (Wildman–Crippen LogP) is 5.53. The lowest BCUT2D eigenvalue weighted by molar-refractivity contribution is 1.21. The Morgan fingerprint density at radius 2 is 0.450 bits per heavy atom. The molecule has 0 N–H and O–H groups in total. The van der Waals surface area contributed by atoms with E-state index in [9.17, 15) is 0 Å². The van der Waals surface area contributed by atoms with Crippen molar-refractivity contribution in [2.75, 3.05) is 8.46 Å². The van der Waals surface area contributed by atoms with E-state index < -0.39 is 16.8 Å². The summed E-state index contributed by atoms with van der Waals surface area (Å²) in [6, 6.07) is 67.1. The maximum absolute atomic E-state index is 2.91. The normalized spacial score (nSPS) is 15.3. The summed E-state index contributed by atoms with van der Waals surface area (Å²) in [5.41, 5.74) is 2.54. The van der Waals surface area contributed by atoms with Gasteiger partial charge < -0.3 is 8.46 Å². The summed E-state index contributed by atoms with van der Waals surface area (Å²) in [6.07, 6.45) is 0. The molecule has 192 valence electrons. The monoisotopic (exact) mass is 546 g/mol. The zero-order valence-electron chi connectivity index (χ0n) is 22.2. The maximum Gasteiger partial charge on any atom is 0.318 e. The summed E-state index contributed by atoms with van der Waals surface area (Å²) in [4.78, 5) is 0. The average molecular weight is 547 g/mol. The van der Waals surface area contributed by atoms with Gasteiger partial charge in [0.25, 0.3) is 0 Å². The van der Waals surface area contributed by atoms with Crippen molar-refractivity contribution in [2.45, 2.75) is 0 Å². The third kappa shape index (κ3) is 3.54. The van der Waals surface area contributed by atoms with Crippen molar-refractivity contribution in [3.05, 3.63) is 182 Å². The Kier molecular flexibility index (Phi) is 6.19. The summed E-state index contributed by atoms with van der Waals surface area (Å²) in [7, 11) is -5.62. The van der Waals surface area contributed by atoms with Crippen molar-refractivity contribution < 1.29 is 0 Å². The highest BCUT2D eigenvalue weighted by Gasteiger charge is 2.74. The number of hydrogen-bond acceptors (Lipinski definition) is 2. The molecule has 2 nitrogen and oxygen atoms in total. The van der Waals surface area contributed by atoms with Gasteiger partial charge in [-0.2, -0.15) is 0 Å². The van der Waals surface area contributed by atoms with Crippen LogP contribution in [0, 0.1) is 0 Å². The van der Waals surface area contributed by atoms with Gasteiger partial charge in [0.1, 0.15) is 0 Å². The van der Waals surface area contributed by atoms with E-state index in [4.69, 9.17) is 0 Å². The number of rotatable bonds is 6. The predicted molar refractivity (Wildman–Crippen MR) is 174 cm³/mol. The van der Waals surface area contributed by atoms with Crippen LogP contribution >= 0.6 is 0 Å². The molecule has 0 radical (unpaired) electrons. The second kappa shape index (κ2) is 10.2. The summed E-state index contributed by atoms with van der Waals surface area (Å²) in [5, 5.41) is 5.51. The van der Waals surface area contributed by atoms with Gasteiger partial charge in [-0.3, -0.25) is 0 Å². The summed E-state index contributed by atoms with van der Waals surface area (Å²) in [5.74, 6) is 0. The summed E-state index contributed by atoms with van der Waals surface area (Å²) < 4.78 is 5.81. The van der Waals surface area contributed by atoms with Gasteiger partial charge in [0.2, 0.25) is 0 Å². The van der Waals surface area contributed by atoms with Gasteiger partial charge in [0, 0.05) is 11.4 Å². The molecule has 0 aromatic heterocycles. The SMILES string of the molecule is c1ccc(N2[Si](c3ccccc3)(c3ccccc3)N(c3ccccc3)[Si]2(c2ccccc2)c2ccccc2)cc1. The molecule has 0 unspecified atom stereocenters. The number of anilines is 2. The lowest BCUT2D eigenvalue weighted by Gasteiger charge is -2.73. The van der Waals surface area contributed by atoms with Gasteiger partial charge in [-0.05, 0) is 45.0 Å². The molecule has 6 aromatic rings. The van der Waals surface area contributed by atoms with Crippen molar-refractivity contribution in [3.63, 3.8) is 0 Å². The fourth-order valence-corrected chi connectivity index (χ4v) is 21.8. The molecule has 1 fully saturated rings. The highest BCUT2D eigenvalue weighted by molar-refractivity contribution is 7.38. The molecule has 0 amide bonds. The van der Waals surface area contributed by atoms with Crippen LogP contribution in [0.3, 0.4) is 0 Å². The number of para-hydroxylation sites is 2. The molecule has 0 aliphatic carbocycles. The van der Waals surface area contributed by atoms with E-state index in [1.165, 1.54) is 32.1 Å². The molecule has 1 heterocycles. The van der Waals surface area contributed by atoms with Gasteiger partial charge in [-0.15, -0.1) is 0 Å². The molecule has 7 rings (SSSR count). The van der Waals surface area contributed by atoms with E-state index in [1.54, 1.807) is 0 Å². The van der Waals surface area contributed by atoms with Crippen LogP contribution in [0.15, 0.2) is 182 Å². The summed E-state index contributed by atoms with van der Waals surface area (Å²) in [6.45, 7) is 0. The largest absolute Gasteiger partial charge is 0.378 e. The molecule has 0 bridgehead atoms. The van der Waals surface area contributed by atoms with E-state index >= 15 is 0 Å². The van der Waals surface area contributed by atoms with Crippen LogP contribution in [-0.2, 0) is 0 Å². The van der Waals surface area contributed by atoms with Crippen molar-refractivity contribution >= 4 is 48.9 Å². The van der Waals surface area contributed by atoms with Crippen LogP contribution in [0.4, 0.5) is 11.4 Å². The van der Waals surface area contributed by atoms with Gasteiger partial charge in [-0.25, -0.2) is 0 Å². The fraction of sp³-hybridized carbons (Fsp3) is 0. The van der Waals surface area contributed by atoms with Crippen LogP contribution in [0.1, 0.15) is 0 Å². The lowest BCUT2D eigenvalue weighted by atomic mass is 10.3. The van der Waals surface area contributed by atoms with Gasteiger partial charge in [0.05, 0.1) is 0 Å². The minimum absolute atomic E-state index is 1.27. The van der Waals surface area contributed by atoms with Crippen LogP contribution in [0.5, 0.6) is 0 Å². The quantitative estimate of drug-likeness (QED) is 0.254. The molecule has 0 atom stereocenters. The standard InChI is InChI=1S/C36H30N2Si2/c1-7-19-31(20-8-1)37-39(33-23-11-3-12-24-33,34-25-13-4-14-26-34)38(32-21-9-2-10-22-32)40(37,35-27-15-5-16-28-35)36-29-17-6-18-30-36/h1-30H. The Hall–Kier alpha value is -4.65. The van der Waals surface area contributed by atoms with Gasteiger partial charge in [-0.1, -0.05) is 158 Å². The minimum Gasteiger partial charge on any atom is -0.378 e. The van der Waals surface area contributed by atoms with Gasteiger partial charge >= 0.3 is 16.8 Å². The topological polar surface area (TPSA) is 6.48 Å². The second-order valence-electron chi connectivity index (χ2n) is 10.2. The van der Waals surface area contributed by atoms with Crippen LogP contribution in [0.2, 0.25) is 0 Å². The molecular weight excluding hydrogens is 517 g/mol. The molecule has 40 heavy (non-hydrogen) atoms. The summed E-state index contributed by atoms with van der Waals surface area (Å²) >= 11 is 0. The zero-order chi connectivity index (χ0) is 26.8. The average Bonchev–Trinajstić information content (AvgIpc) is 3.04. The van der Waals surface area contributed by atoms with Crippen LogP contribution in [0.25, 0.3) is 0 Å². The molecule has 1 aliphatic rings. The maximum atomic E-state index is 2.91. The Balaban J connectivity index is 1.69. The van der Waals surface area contributed by atoms with Crippen molar-refractivity contribution in [2.24, 2.45) is 0 Å². The minimum atomic E-state index is -2.81. The van der Waals surface area contributed by atoms with Crippen molar-refractivity contribution in [1.82, 2.24) is 0 Å². The zero-order valence-corrected chi connectivity index (χ0v) is 24.2. The molecule has 0 spiro atoms. The van der Waals surface area contributed by atoms with E-state index in [0.29, 0.717) is 0 Å². The molecule has 0 saturated carbocycles. The molecule has 6 aromatic carbocycles. The highest BCUT2D eigenvalue weighted by Crippen LogP contribution is 2.45. The first-order valence-electron chi connectivity index (χ1n) is 13.8. The lowest BCUT2D eigenvalue weighted by Crippen LogP contribution is -3.07. The van der Waals surface area contributed by atoms with E-state index in [-0.39, 0.29) is 0 Å². The number of hydrogen-bond donors (Lipinski definition) is 0. The van der Waals surface area contributed by atoms with Crippen LogP contribution < -0.4 is 29.2 Å². The van der Waals surface area contributed by atoms with E-state index in [0.717, 1.165) is 0 Å². The highest BCUT2D eigenvalue weighted by atomic mass is 28.5. The van der Waals surface area contributed by atoms with E-state index in [1.807, 2.05) is 0 Å². The molecule has 4 heteroatoms. The van der Waals surface area contributed by atoms with Crippen molar-refractivity contribution in [1.29, 1.82) is 0 Å². The van der Waals surface area contributed by atoms with Gasteiger partial charge in [0.15, 0.2) is 0 Å². The second-order valence-corrected chi connectivity index (χ2v) is 17.8. The number of benzene rings is 6. The Bertz CT molecular complexity index is 1460. The first-order valence-corrected chi connectivity index (χ1v) is 17.6. The number of nitrogens with zero attached hydrogens (tertiary/aromatic N) is 2. The first-order chi connectivity index (χ1) is 19.9. The Labute approximate surface area is 238 Å². The van der Waals surface area contributed by atoms with E-state index in [2.05, 4.69) is 190 Å². The Morgan fingerprint density at radius 1 is 0.250 bits per heavy atom. The molecule has 1 saturated heterocycles. The first kappa shape index (κ1) is 24.4. The molecular formula is C36H30N2Si2. The third-order valence-electron chi connectivity index (χ3n) is 8.03. The van der Waals surface area contributed by atoms with Crippen LogP contribution in [-0.4, -0.2) is 16.8 Å². The smallest absolute Gasteiger partial charge is 0.318 e. The fourth-order valence-electron chi connectivity index (χ4n) is 6.57. The Morgan fingerprint density at radius 3 is 0.675 bits per heavy atom.